The molecule has 2 aromatic carbocycles. The fourth-order valence-electron chi connectivity index (χ4n) is 1.89. The lowest BCUT2D eigenvalue weighted by atomic mass is 10.0. The highest BCUT2D eigenvalue weighted by Gasteiger charge is 2.20. The molecule has 1 atom stereocenters. The molecule has 0 N–H and O–H groups in total. The second kappa shape index (κ2) is 7.32. The zero-order chi connectivity index (χ0) is 15.6. The Bertz CT molecular complexity index is 664. The van der Waals surface area contributed by atoms with E-state index in [9.17, 15) is 4.39 Å². The molecule has 1 unspecified atom stereocenters. The van der Waals surface area contributed by atoms with Gasteiger partial charge in [-0.1, -0.05) is 51.3 Å². The molecule has 0 saturated heterocycles. The van der Waals surface area contributed by atoms with E-state index in [1.54, 1.807) is 18.2 Å². The van der Waals surface area contributed by atoms with Gasteiger partial charge in [0.15, 0.2) is 0 Å². The molecule has 0 saturated carbocycles. The molecule has 0 aliphatic carbocycles. The molecular weight excluding hydrogens is 446 g/mol. The van der Waals surface area contributed by atoms with E-state index in [0.29, 0.717) is 26.9 Å². The molecule has 0 radical (unpaired) electrons. The lowest BCUT2D eigenvalue weighted by Crippen LogP contribution is -1.99. The van der Waals surface area contributed by atoms with Gasteiger partial charge in [0.2, 0.25) is 0 Å². The molecular formula is C15H11Br2Cl2FO. The minimum Gasteiger partial charge on any atom is -0.492 e. The normalized spacial score (nSPS) is 12.3. The highest BCUT2D eigenvalue weighted by atomic mass is 79.9. The summed E-state index contributed by atoms with van der Waals surface area (Å²) in [6.45, 7) is 2.37. The first-order valence-corrected chi connectivity index (χ1v) is 8.61. The van der Waals surface area contributed by atoms with Gasteiger partial charge < -0.3 is 4.74 Å². The standard InChI is InChI=1S/C15H11Br2Cl2FO/c1-2-21-13-7-10(18)9(6-11(13)19)14(16)8-4-3-5-12(20)15(8)17/h3-7,14H,2H2,1H3. The van der Waals surface area contributed by atoms with Crippen LogP contribution in [0.5, 0.6) is 5.75 Å². The van der Waals surface area contributed by atoms with Gasteiger partial charge >= 0.3 is 0 Å². The Balaban J connectivity index is 2.46. The number of rotatable bonds is 4. The number of hydrogen-bond donors (Lipinski definition) is 0. The van der Waals surface area contributed by atoms with Crippen LogP contribution in [-0.2, 0) is 0 Å². The Hall–Kier alpha value is -0.290. The summed E-state index contributed by atoms with van der Waals surface area (Å²) in [7, 11) is 0. The van der Waals surface area contributed by atoms with E-state index >= 15 is 0 Å². The van der Waals surface area contributed by atoms with Gasteiger partial charge in [-0.2, -0.15) is 0 Å². The average Bonchev–Trinajstić information content (AvgIpc) is 2.45. The van der Waals surface area contributed by atoms with Crippen LogP contribution in [0, 0.1) is 5.82 Å². The van der Waals surface area contributed by atoms with Crippen molar-refractivity contribution < 1.29 is 9.13 Å². The maximum atomic E-state index is 13.7. The number of benzene rings is 2. The van der Waals surface area contributed by atoms with Gasteiger partial charge in [0, 0.05) is 11.1 Å². The summed E-state index contributed by atoms with van der Waals surface area (Å²) in [5.41, 5.74) is 1.48. The van der Waals surface area contributed by atoms with Crippen LogP contribution in [0.1, 0.15) is 22.9 Å². The molecule has 0 fully saturated rings. The van der Waals surface area contributed by atoms with Crippen LogP contribution in [0.25, 0.3) is 0 Å². The number of hydrogen-bond acceptors (Lipinski definition) is 1. The fraction of sp³-hybridized carbons (Fsp3) is 0.200. The van der Waals surface area contributed by atoms with Gasteiger partial charge in [0.1, 0.15) is 11.6 Å². The summed E-state index contributed by atoms with van der Waals surface area (Å²) in [6, 6.07) is 8.25. The number of alkyl halides is 1. The molecule has 0 spiro atoms. The SMILES string of the molecule is CCOc1cc(Cl)c(C(Br)c2cccc(F)c2Br)cc1Cl. The summed E-state index contributed by atoms with van der Waals surface area (Å²) in [4.78, 5) is -0.289. The monoisotopic (exact) mass is 454 g/mol. The Labute approximate surface area is 149 Å². The molecule has 6 heteroatoms. The molecule has 112 valence electrons. The summed E-state index contributed by atoms with van der Waals surface area (Å²) >= 11 is 19.3. The number of ether oxygens (including phenoxy) is 1. The third-order valence-electron chi connectivity index (χ3n) is 2.88. The van der Waals surface area contributed by atoms with E-state index < -0.39 is 0 Å². The van der Waals surface area contributed by atoms with Crippen molar-refractivity contribution in [3.63, 3.8) is 0 Å². The van der Waals surface area contributed by atoms with Crippen LogP contribution in [0.3, 0.4) is 0 Å². The first-order valence-electron chi connectivity index (χ1n) is 6.15. The van der Waals surface area contributed by atoms with Gasteiger partial charge in [-0.3, -0.25) is 0 Å². The first-order chi connectivity index (χ1) is 9.95. The lowest BCUT2D eigenvalue weighted by molar-refractivity contribution is 0.340. The first kappa shape index (κ1) is 17.1. The van der Waals surface area contributed by atoms with Crippen LogP contribution in [-0.4, -0.2) is 6.61 Å². The molecule has 1 nitrogen and oxygen atoms in total. The van der Waals surface area contributed by atoms with E-state index in [1.165, 1.54) is 6.07 Å². The lowest BCUT2D eigenvalue weighted by Gasteiger charge is -2.16. The molecule has 0 aliphatic rings. The van der Waals surface area contributed by atoms with Crippen molar-refractivity contribution in [1.82, 2.24) is 0 Å². The Morgan fingerprint density at radius 1 is 1.19 bits per heavy atom. The zero-order valence-corrected chi connectivity index (χ0v) is 15.7. The molecule has 0 aliphatic heterocycles. The zero-order valence-electron chi connectivity index (χ0n) is 11.0. The Kier molecular flexibility index (Phi) is 5.95. The minimum absolute atomic E-state index is 0.289. The van der Waals surface area contributed by atoms with Crippen LogP contribution in [0.4, 0.5) is 4.39 Å². The van der Waals surface area contributed by atoms with Crippen LogP contribution < -0.4 is 4.74 Å². The maximum Gasteiger partial charge on any atom is 0.139 e. The Morgan fingerprint density at radius 2 is 1.90 bits per heavy atom. The predicted octanol–water partition coefficient (Wildman–Crippen LogP) is 6.78. The quantitative estimate of drug-likeness (QED) is 0.461. The van der Waals surface area contributed by atoms with Crippen molar-refractivity contribution in [3.05, 3.63) is 61.8 Å². The van der Waals surface area contributed by atoms with E-state index in [1.807, 2.05) is 13.0 Å². The second-order valence-corrected chi connectivity index (χ2v) is 6.77. The molecule has 21 heavy (non-hydrogen) atoms. The maximum absolute atomic E-state index is 13.7. The van der Waals surface area contributed by atoms with E-state index in [0.717, 1.165) is 11.1 Å². The fourth-order valence-corrected chi connectivity index (χ4v) is 4.07. The molecule has 0 aromatic heterocycles. The van der Waals surface area contributed by atoms with Crippen LogP contribution in [0.2, 0.25) is 10.0 Å². The van der Waals surface area contributed by atoms with Crippen molar-refractivity contribution in [3.8, 4) is 5.75 Å². The third-order valence-corrected chi connectivity index (χ3v) is 5.32. The molecule has 0 heterocycles. The highest BCUT2D eigenvalue weighted by molar-refractivity contribution is 9.11. The predicted molar refractivity (Wildman–Crippen MR) is 92.5 cm³/mol. The van der Waals surface area contributed by atoms with Crippen molar-refractivity contribution in [2.24, 2.45) is 0 Å². The second-order valence-electron chi connectivity index (χ2n) is 4.24. The van der Waals surface area contributed by atoms with E-state index in [4.69, 9.17) is 27.9 Å². The molecule has 0 bridgehead atoms. The van der Waals surface area contributed by atoms with Crippen LogP contribution in [0.15, 0.2) is 34.8 Å². The van der Waals surface area contributed by atoms with Crippen molar-refractivity contribution >= 4 is 55.1 Å². The largest absolute Gasteiger partial charge is 0.492 e. The van der Waals surface area contributed by atoms with Crippen LogP contribution >= 0.6 is 55.1 Å². The van der Waals surface area contributed by atoms with Crippen molar-refractivity contribution in [2.75, 3.05) is 6.61 Å². The van der Waals surface area contributed by atoms with Gasteiger partial charge in [-0.25, -0.2) is 4.39 Å². The topological polar surface area (TPSA) is 9.23 Å². The van der Waals surface area contributed by atoms with Gasteiger partial charge in [-0.15, -0.1) is 0 Å². The Morgan fingerprint density at radius 3 is 2.57 bits per heavy atom. The summed E-state index contributed by atoms with van der Waals surface area (Å²) in [6.07, 6.45) is 0. The summed E-state index contributed by atoms with van der Waals surface area (Å²) in [5.74, 6) is 0.205. The van der Waals surface area contributed by atoms with Gasteiger partial charge in [0.25, 0.3) is 0 Å². The number of halogens is 5. The van der Waals surface area contributed by atoms with Gasteiger partial charge in [0.05, 0.1) is 20.9 Å². The highest BCUT2D eigenvalue weighted by Crippen LogP contribution is 2.42. The van der Waals surface area contributed by atoms with E-state index in [-0.39, 0.29) is 10.6 Å². The summed E-state index contributed by atoms with van der Waals surface area (Å²) in [5, 5.41) is 0.967. The van der Waals surface area contributed by atoms with Crippen molar-refractivity contribution in [1.29, 1.82) is 0 Å². The third kappa shape index (κ3) is 3.73. The summed E-state index contributed by atoms with van der Waals surface area (Å²) < 4.78 is 19.4. The van der Waals surface area contributed by atoms with Gasteiger partial charge in [-0.05, 0) is 46.1 Å². The molecule has 2 aromatic rings. The molecule has 0 amide bonds. The van der Waals surface area contributed by atoms with E-state index in [2.05, 4.69) is 31.9 Å². The smallest absolute Gasteiger partial charge is 0.139 e. The minimum atomic E-state index is -0.329. The average molecular weight is 457 g/mol. The molecule has 2 rings (SSSR count). The van der Waals surface area contributed by atoms with Crippen molar-refractivity contribution in [2.45, 2.75) is 11.8 Å².